The van der Waals surface area contributed by atoms with E-state index in [4.69, 9.17) is 0 Å². The highest BCUT2D eigenvalue weighted by molar-refractivity contribution is 5.73. The molecular formula is C16H30N4O. The fourth-order valence-electron chi connectivity index (χ4n) is 3.70. The molecule has 21 heavy (non-hydrogen) atoms. The first-order valence-electron chi connectivity index (χ1n) is 8.94. The lowest BCUT2D eigenvalue weighted by molar-refractivity contribution is 0.0967. The molecule has 0 atom stereocenters. The highest BCUT2D eigenvalue weighted by Gasteiger charge is 2.29. The van der Waals surface area contributed by atoms with E-state index < -0.39 is 0 Å². The Balaban J connectivity index is 1.54. The second-order valence-electron chi connectivity index (χ2n) is 6.97. The fourth-order valence-corrected chi connectivity index (χ4v) is 3.70. The molecule has 0 aromatic heterocycles. The Morgan fingerprint density at radius 1 is 0.762 bits per heavy atom. The SMILES string of the molecule is O=C(NNC1CCC1)N(NC1CCCC1)C1CCCCC1. The average Bonchev–Trinajstić information content (AvgIpc) is 2.97. The van der Waals surface area contributed by atoms with Crippen molar-refractivity contribution in [1.82, 2.24) is 21.3 Å². The summed E-state index contributed by atoms with van der Waals surface area (Å²) in [4.78, 5) is 12.6. The lowest BCUT2D eigenvalue weighted by Gasteiger charge is -2.37. The lowest BCUT2D eigenvalue weighted by atomic mass is 9.94. The van der Waals surface area contributed by atoms with Crippen LogP contribution in [0.2, 0.25) is 0 Å². The molecule has 3 saturated carbocycles. The molecule has 2 amide bonds. The first kappa shape index (κ1) is 15.1. The number of hydrogen-bond acceptors (Lipinski definition) is 3. The molecule has 3 aliphatic carbocycles. The Labute approximate surface area is 128 Å². The molecule has 5 nitrogen and oxygen atoms in total. The summed E-state index contributed by atoms with van der Waals surface area (Å²) in [5.74, 6) is 0. The molecule has 0 bridgehead atoms. The number of nitrogens with one attached hydrogen (secondary N) is 3. The van der Waals surface area contributed by atoms with Gasteiger partial charge in [0.05, 0.1) is 6.04 Å². The van der Waals surface area contributed by atoms with Gasteiger partial charge in [-0.3, -0.25) is 10.4 Å². The number of hydrogen-bond donors (Lipinski definition) is 3. The van der Waals surface area contributed by atoms with E-state index in [2.05, 4.69) is 16.3 Å². The van der Waals surface area contributed by atoms with Gasteiger partial charge in [-0.05, 0) is 38.5 Å². The molecular weight excluding hydrogens is 264 g/mol. The number of carbonyl (C=O) groups excluding carboxylic acids is 1. The largest absolute Gasteiger partial charge is 0.346 e. The molecule has 0 saturated heterocycles. The van der Waals surface area contributed by atoms with Gasteiger partial charge in [-0.1, -0.05) is 38.5 Å². The van der Waals surface area contributed by atoms with E-state index in [1.165, 1.54) is 64.2 Å². The van der Waals surface area contributed by atoms with E-state index in [0.717, 1.165) is 12.8 Å². The van der Waals surface area contributed by atoms with Crippen molar-refractivity contribution in [3.8, 4) is 0 Å². The molecule has 0 aromatic carbocycles. The zero-order valence-corrected chi connectivity index (χ0v) is 13.1. The third-order valence-electron chi connectivity index (χ3n) is 5.32. The number of carbonyl (C=O) groups is 1. The second-order valence-corrected chi connectivity index (χ2v) is 6.97. The highest BCUT2D eigenvalue weighted by atomic mass is 16.2. The maximum absolute atomic E-state index is 12.6. The van der Waals surface area contributed by atoms with Gasteiger partial charge in [0.25, 0.3) is 0 Å². The quantitative estimate of drug-likeness (QED) is 0.683. The van der Waals surface area contributed by atoms with Crippen molar-refractivity contribution in [2.75, 3.05) is 0 Å². The molecule has 3 fully saturated rings. The van der Waals surface area contributed by atoms with E-state index in [0.29, 0.717) is 18.1 Å². The summed E-state index contributed by atoms with van der Waals surface area (Å²) in [5.41, 5.74) is 9.64. The van der Waals surface area contributed by atoms with Gasteiger partial charge in [-0.15, -0.1) is 0 Å². The molecule has 0 radical (unpaired) electrons. The molecule has 0 aliphatic heterocycles. The standard InChI is InChI=1S/C16H30N4O/c21-16(18-17-13-9-6-10-13)20(15-11-2-1-3-12-15)19-14-7-4-5-8-14/h13-15,17,19H,1-12H2,(H,18,21). The van der Waals surface area contributed by atoms with Crippen molar-refractivity contribution in [3.05, 3.63) is 0 Å². The van der Waals surface area contributed by atoms with Crippen molar-refractivity contribution in [2.45, 2.75) is 95.2 Å². The summed E-state index contributed by atoms with van der Waals surface area (Å²) >= 11 is 0. The van der Waals surface area contributed by atoms with E-state index >= 15 is 0 Å². The van der Waals surface area contributed by atoms with E-state index in [9.17, 15) is 4.79 Å². The van der Waals surface area contributed by atoms with Gasteiger partial charge in [0.15, 0.2) is 0 Å². The van der Waals surface area contributed by atoms with Crippen LogP contribution in [0.4, 0.5) is 4.79 Å². The van der Waals surface area contributed by atoms with Crippen LogP contribution in [0.1, 0.15) is 77.0 Å². The van der Waals surface area contributed by atoms with Gasteiger partial charge < -0.3 is 0 Å². The highest BCUT2D eigenvalue weighted by Crippen LogP contribution is 2.24. The number of nitrogens with zero attached hydrogens (tertiary/aromatic N) is 1. The number of rotatable bonds is 5. The molecule has 0 unspecified atom stereocenters. The summed E-state index contributed by atoms with van der Waals surface area (Å²) < 4.78 is 0. The first-order valence-corrected chi connectivity index (χ1v) is 8.94. The van der Waals surface area contributed by atoms with Crippen molar-refractivity contribution in [3.63, 3.8) is 0 Å². The van der Waals surface area contributed by atoms with E-state index in [1.807, 2.05) is 5.01 Å². The molecule has 3 aliphatic rings. The van der Waals surface area contributed by atoms with Crippen LogP contribution >= 0.6 is 0 Å². The Bertz CT molecular complexity index is 333. The van der Waals surface area contributed by atoms with Crippen molar-refractivity contribution in [1.29, 1.82) is 0 Å². The van der Waals surface area contributed by atoms with Crippen molar-refractivity contribution < 1.29 is 4.79 Å². The summed E-state index contributed by atoms with van der Waals surface area (Å²) in [6.45, 7) is 0. The summed E-state index contributed by atoms with van der Waals surface area (Å²) in [6.07, 6.45) is 14.7. The minimum atomic E-state index is 0.0145. The minimum Gasteiger partial charge on any atom is -0.272 e. The third kappa shape index (κ3) is 4.10. The number of hydrazine groups is 2. The van der Waals surface area contributed by atoms with Crippen LogP contribution in [-0.4, -0.2) is 29.2 Å². The van der Waals surface area contributed by atoms with Crippen LogP contribution in [0.25, 0.3) is 0 Å². The Morgan fingerprint density at radius 2 is 1.38 bits per heavy atom. The predicted octanol–water partition coefficient (Wildman–Crippen LogP) is 2.84. The zero-order chi connectivity index (χ0) is 14.5. The Kier molecular flexibility index (Phi) is 5.36. The maximum Gasteiger partial charge on any atom is 0.346 e. The van der Waals surface area contributed by atoms with Gasteiger partial charge in [0.1, 0.15) is 0 Å². The normalized spacial score (nSPS) is 24.8. The molecule has 0 spiro atoms. The summed E-state index contributed by atoms with van der Waals surface area (Å²) in [6, 6.07) is 1.35. The Morgan fingerprint density at radius 3 is 2.00 bits per heavy atom. The lowest BCUT2D eigenvalue weighted by Crippen LogP contribution is -2.60. The Hall–Kier alpha value is -0.810. The first-order chi connectivity index (χ1) is 10.3. The predicted molar refractivity (Wildman–Crippen MR) is 83.4 cm³/mol. The van der Waals surface area contributed by atoms with Crippen LogP contribution in [0.15, 0.2) is 0 Å². The summed E-state index contributed by atoms with van der Waals surface area (Å²) in [5, 5.41) is 1.92. The number of amides is 2. The molecule has 3 N–H and O–H groups in total. The van der Waals surface area contributed by atoms with Crippen LogP contribution in [-0.2, 0) is 0 Å². The third-order valence-corrected chi connectivity index (χ3v) is 5.32. The minimum absolute atomic E-state index is 0.0145. The van der Waals surface area contributed by atoms with Crippen molar-refractivity contribution >= 4 is 6.03 Å². The van der Waals surface area contributed by atoms with Gasteiger partial charge in [0.2, 0.25) is 0 Å². The average molecular weight is 294 g/mol. The molecule has 0 aromatic rings. The second kappa shape index (κ2) is 7.45. The smallest absolute Gasteiger partial charge is 0.272 e. The van der Waals surface area contributed by atoms with Crippen LogP contribution in [0, 0.1) is 0 Å². The van der Waals surface area contributed by atoms with Gasteiger partial charge in [0, 0.05) is 12.1 Å². The summed E-state index contributed by atoms with van der Waals surface area (Å²) in [7, 11) is 0. The molecule has 3 rings (SSSR count). The topological polar surface area (TPSA) is 56.4 Å². The monoisotopic (exact) mass is 294 g/mol. The van der Waals surface area contributed by atoms with Crippen LogP contribution < -0.4 is 16.3 Å². The van der Waals surface area contributed by atoms with Crippen LogP contribution in [0.5, 0.6) is 0 Å². The fraction of sp³-hybridized carbons (Fsp3) is 0.938. The van der Waals surface area contributed by atoms with Gasteiger partial charge in [-0.2, -0.15) is 0 Å². The molecule has 0 heterocycles. The molecule has 120 valence electrons. The van der Waals surface area contributed by atoms with Crippen LogP contribution in [0.3, 0.4) is 0 Å². The van der Waals surface area contributed by atoms with Gasteiger partial charge >= 0.3 is 6.03 Å². The zero-order valence-electron chi connectivity index (χ0n) is 13.1. The van der Waals surface area contributed by atoms with Gasteiger partial charge in [-0.25, -0.2) is 15.6 Å². The maximum atomic E-state index is 12.6. The van der Waals surface area contributed by atoms with E-state index in [1.54, 1.807) is 0 Å². The van der Waals surface area contributed by atoms with Crippen molar-refractivity contribution in [2.24, 2.45) is 0 Å². The van der Waals surface area contributed by atoms with E-state index in [-0.39, 0.29) is 6.03 Å². The number of urea groups is 1. The molecule has 5 heteroatoms.